The van der Waals surface area contributed by atoms with Crippen LogP contribution in [-0.2, 0) is 47.7 Å². The average Bonchev–Trinajstić information content (AvgIpc) is 3.10. The number of rotatable bonds is 10. The largest absolute Gasteiger partial charge is 0.510 e. The minimum atomic E-state index is -5.74. The van der Waals surface area contributed by atoms with E-state index in [0.717, 1.165) is 19.2 Å². The normalized spacial score (nSPS) is 14.5. The molecular weight excluding hydrogens is 653 g/mol. The van der Waals surface area contributed by atoms with Gasteiger partial charge in [-0.2, -0.15) is 8.78 Å². The lowest BCUT2D eigenvalue weighted by molar-refractivity contribution is -0.0766. The Morgan fingerprint density at radius 2 is 1.73 bits per heavy atom. The second-order valence-corrected chi connectivity index (χ2v) is 14.1. The molecule has 0 aliphatic heterocycles. The molecule has 0 radical (unpaired) electrons. The van der Waals surface area contributed by atoms with Crippen molar-refractivity contribution in [1.82, 2.24) is 9.13 Å². The van der Waals surface area contributed by atoms with Crippen molar-refractivity contribution < 1.29 is 45.4 Å². The highest BCUT2D eigenvalue weighted by Crippen LogP contribution is 2.64. The molecule has 224 valence electrons. The Kier molecular flexibility index (Phi) is 9.71. The van der Waals surface area contributed by atoms with Crippen LogP contribution in [0.5, 0.6) is 0 Å². The van der Waals surface area contributed by atoms with Crippen molar-refractivity contribution in [3.63, 3.8) is 0 Å². The summed E-state index contributed by atoms with van der Waals surface area (Å²) in [6.07, 6.45) is -1.03. The molecule has 0 amide bonds. The molecular formula is C25H28BrF2N2O9PS. The van der Waals surface area contributed by atoms with Gasteiger partial charge in [-0.05, 0) is 50.1 Å². The maximum atomic E-state index is 15.2. The first kappa shape index (κ1) is 32.7. The number of aromatic nitrogens is 2. The standard InChI is InChI=1S/C25H28BrF2N2O9PS/c1-15(2)37-24(32)38-16(3)39-40(33,34)25(27,28)20-11-6-17(12-21(20)26)13-30-22(14-29(4)23(30)31)18-7-9-19(10-8-18)41(5,35)36/h6-12,14-16H,13H2,1-5H3,(H,33,34). The fourth-order valence-corrected chi connectivity index (χ4v) is 6.27. The highest BCUT2D eigenvalue weighted by Gasteiger charge is 2.55. The third kappa shape index (κ3) is 7.52. The quantitative estimate of drug-likeness (QED) is 0.173. The van der Waals surface area contributed by atoms with Crippen LogP contribution in [-0.4, -0.2) is 47.3 Å². The minimum absolute atomic E-state index is 0.0661. The molecule has 0 saturated heterocycles. The predicted molar refractivity (Wildman–Crippen MR) is 148 cm³/mol. The van der Waals surface area contributed by atoms with Crippen molar-refractivity contribution in [3.8, 4) is 11.3 Å². The second-order valence-electron chi connectivity index (χ2n) is 9.37. The zero-order valence-electron chi connectivity index (χ0n) is 22.6. The zero-order chi connectivity index (χ0) is 30.9. The molecule has 16 heteroatoms. The van der Waals surface area contributed by atoms with Crippen LogP contribution in [0.3, 0.4) is 0 Å². The number of imidazole rings is 1. The molecule has 0 aliphatic rings. The third-order valence-corrected chi connectivity index (χ3v) is 8.97. The van der Waals surface area contributed by atoms with Gasteiger partial charge in [-0.3, -0.25) is 13.7 Å². The Labute approximate surface area is 243 Å². The fraction of sp³-hybridized carbons (Fsp3) is 0.360. The van der Waals surface area contributed by atoms with E-state index in [1.807, 2.05) is 0 Å². The SMILES string of the molecule is CC(C)OC(=O)OC(C)OP(=O)(O)C(F)(F)c1ccc(Cn2c(-c3ccc(S(C)(=O)=O)cc3)cn(C)c2=O)cc1Br. The number of ether oxygens (including phenoxy) is 2. The molecule has 11 nitrogen and oxygen atoms in total. The number of hydrogen-bond donors (Lipinski definition) is 1. The van der Waals surface area contributed by atoms with Crippen molar-refractivity contribution in [1.29, 1.82) is 0 Å². The number of hydrogen-bond acceptors (Lipinski definition) is 8. The van der Waals surface area contributed by atoms with E-state index in [1.165, 1.54) is 54.3 Å². The average molecular weight is 681 g/mol. The third-order valence-electron chi connectivity index (χ3n) is 5.66. The lowest BCUT2D eigenvalue weighted by Gasteiger charge is -2.26. The predicted octanol–water partition coefficient (Wildman–Crippen LogP) is 5.23. The lowest BCUT2D eigenvalue weighted by Crippen LogP contribution is -2.25. The van der Waals surface area contributed by atoms with Gasteiger partial charge in [0.15, 0.2) is 9.84 Å². The summed E-state index contributed by atoms with van der Waals surface area (Å²) in [4.78, 5) is 34.6. The van der Waals surface area contributed by atoms with E-state index in [2.05, 4.69) is 25.2 Å². The van der Waals surface area contributed by atoms with Crippen LogP contribution in [0.25, 0.3) is 11.3 Å². The molecule has 0 bridgehead atoms. The molecule has 2 aromatic carbocycles. The molecule has 2 unspecified atom stereocenters. The first-order valence-electron chi connectivity index (χ1n) is 12.0. The van der Waals surface area contributed by atoms with Gasteiger partial charge in [0.2, 0.25) is 6.29 Å². The Balaban J connectivity index is 1.87. The number of halogens is 3. The van der Waals surface area contributed by atoms with E-state index in [0.29, 0.717) is 16.8 Å². The van der Waals surface area contributed by atoms with Gasteiger partial charge >= 0.3 is 25.1 Å². The van der Waals surface area contributed by atoms with Crippen molar-refractivity contribution >= 4 is 39.5 Å². The van der Waals surface area contributed by atoms with Crippen LogP contribution in [0, 0.1) is 0 Å². The van der Waals surface area contributed by atoms with E-state index in [9.17, 15) is 27.5 Å². The van der Waals surface area contributed by atoms with Crippen molar-refractivity contribution in [2.45, 2.75) is 50.3 Å². The first-order chi connectivity index (χ1) is 18.8. The molecule has 2 atom stereocenters. The highest BCUT2D eigenvalue weighted by molar-refractivity contribution is 9.10. The number of carbonyl (C=O) groups is 1. The summed E-state index contributed by atoms with van der Waals surface area (Å²) in [6.45, 7) is 3.96. The first-order valence-corrected chi connectivity index (χ1v) is 16.2. The van der Waals surface area contributed by atoms with Gasteiger partial charge in [0, 0.05) is 29.5 Å². The molecule has 3 rings (SSSR count). The number of sulfone groups is 1. The van der Waals surface area contributed by atoms with E-state index in [-0.39, 0.29) is 15.9 Å². The number of carbonyl (C=O) groups excluding carboxylic acids is 1. The topological polar surface area (TPSA) is 143 Å². The molecule has 0 fully saturated rings. The number of alkyl halides is 2. The summed E-state index contributed by atoms with van der Waals surface area (Å²) < 4.78 is 82.8. The molecule has 1 N–H and O–H groups in total. The van der Waals surface area contributed by atoms with Crippen LogP contribution in [0.2, 0.25) is 0 Å². The van der Waals surface area contributed by atoms with Crippen LogP contribution < -0.4 is 5.69 Å². The van der Waals surface area contributed by atoms with E-state index in [1.54, 1.807) is 18.3 Å². The van der Waals surface area contributed by atoms with Crippen LogP contribution in [0.4, 0.5) is 13.6 Å². The smallest absolute Gasteiger partial charge is 0.432 e. The van der Waals surface area contributed by atoms with Crippen LogP contribution in [0.15, 0.2) is 62.8 Å². The summed E-state index contributed by atoms with van der Waals surface area (Å²) in [5.74, 6) is 0. The molecule has 1 heterocycles. The second kappa shape index (κ2) is 12.2. The Morgan fingerprint density at radius 3 is 2.27 bits per heavy atom. The van der Waals surface area contributed by atoms with Crippen LogP contribution >= 0.6 is 23.5 Å². The summed E-state index contributed by atoms with van der Waals surface area (Å²) in [5, 5.41) is 0. The fourth-order valence-electron chi connectivity index (χ4n) is 3.74. The van der Waals surface area contributed by atoms with Gasteiger partial charge in [0.1, 0.15) is 0 Å². The number of benzene rings is 2. The zero-order valence-corrected chi connectivity index (χ0v) is 25.9. The Morgan fingerprint density at radius 1 is 1.12 bits per heavy atom. The summed E-state index contributed by atoms with van der Waals surface area (Å²) in [7, 11) is -7.64. The summed E-state index contributed by atoms with van der Waals surface area (Å²) in [6, 6.07) is 9.35. The van der Waals surface area contributed by atoms with E-state index >= 15 is 8.78 Å². The van der Waals surface area contributed by atoms with Crippen LogP contribution in [0.1, 0.15) is 31.9 Å². The molecule has 0 saturated carbocycles. The van der Waals surface area contributed by atoms with Gasteiger partial charge in [-0.15, -0.1) is 0 Å². The van der Waals surface area contributed by atoms with E-state index in [4.69, 9.17) is 4.74 Å². The van der Waals surface area contributed by atoms with Gasteiger partial charge in [-0.1, -0.05) is 40.2 Å². The number of aryl methyl sites for hydroxylation is 1. The van der Waals surface area contributed by atoms with Crippen molar-refractivity contribution in [2.24, 2.45) is 7.05 Å². The summed E-state index contributed by atoms with van der Waals surface area (Å²) >= 11 is 3.01. The number of nitrogens with zero attached hydrogens (tertiary/aromatic N) is 2. The lowest BCUT2D eigenvalue weighted by atomic mass is 10.1. The minimum Gasteiger partial charge on any atom is -0.432 e. The van der Waals surface area contributed by atoms with Crippen molar-refractivity contribution in [2.75, 3.05) is 6.26 Å². The van der Waals surface area contributed by atoms with Gasteiger partial charge < -0.3 is 18.9 Å². The molecule has 41 heavy (non-hydrogen) atoms. The Bertz CT molecular complexity index is 1650. The van der Waals surface area contributed by atoms with E-state index < -0.39 is 52.9 Å². The van der Waals surface area contributed by atoms with Crippen molar-refractivity contribution in [3.05, 3.63) is 74.7 Å². The molecule has 0 spiro atoms. The Hall–Kier alpha value is -2.84. The molecule has 1 aromatic heterocycles. The van der Waals surface area contributed by atoms with Gasteiger partial charge in [0.25, 0.3) is 0 Å². The monoisotopic (exact) mass is 680 g/mol. The maximum absolute atomic E-state index is 15.2. The molecule has 3 aromatic rings. The highest BCUT2D eigenvalue weighted by atomic mass is 79.9. The van der Waals surface area contributed by atoms with Gasteiger partial charge in [-0.25, -0.2) is 18.0 Å². The van der Waals surface area contributed by atoms with Gasteiger partial charge in [0.05, 0.1) is 23.2 Å². The summed E-state index contributed by atoms with van der Waals surface area (Å²) in [5.41, 5.74) is -4.33. The molecule has 0 aliphatic carbocycles. The maximum Gasteiger partial charge on any atom is 0.510 e.